The molecule has 0 radical (unpaired) electrons. The monoisotopic (exact) mass is 364 g/mol. The molecule has 24 heavy (non-hydrogen) atoms. The molecule has 1 aromatic rings. The van der Waals surface area contributed by atoms with Gasteiger partial charge in [-0.2, -0.15) is 0 Å². The molecule has 0 unspecified atom stereocenters. The molecule has 2 rings (SSSR count). The van der Waals surface area contributed by atoms with Gasteiger partial charge in [0.25, 0.3) is 0 Å². The smallest absolute Gasteiger partial charge is 0.189 e. The van der Waals surface area contributed by atoms with Gasteiger partial charge in [0.15, 0.2) is 10.2 Å². The molecule has 0 aromatic heterocycles. The highest BCUT2D eigenvalue weighted by Crippen LogP contribution is 2.29. The minimum atomic E-state index is 0.427. The number of hydrazine groups is 1. The average Bonchev–Trinajstić information content (AvgIpc) is 2.49. The normalized spacial score (nSPS) is 23.2. The van der Waals surface area contributed by atoms with Crippen LogP contribution in [0.15, 0.2) is 18.2 Å². The van der Waals surface area contributed by atoms with Crippen molar-refractivity contribution >= 4 is 40.3 Å². The van der Waals surface area contributed by atoms with E-state index in [2.05, 4.69) is 67.4 Å². The summed E-state index contributed by atoms with van der Waals surface area (Å²) < 4.78 is 0. The van der Waals surface area contributed by atoms with Crippen LogP contribution in [0, 0.1) is 25.7 Å². The van der Waals surface area contributed by atoms with Gasteiger partial charge in [-0.25, -0.2) is 0 Å². The number of hydrogen-bond donors (Lipinski definition) is 4. The first kappa shape index (κ1) is 18.9. The van der Waals surface area contributed by atoms with Crippen molar-refractivity contribution in [1.82, 2.24) is 16.2 Å². The zero-order valence-electron chi connectivity index (χ0n) is 14.9. The number of hydrogen-bond acceptors (Lipinski definition) is 2. The van der Waals surface area contributed by atoms with Crippen LogP contribution in [0.3, 0.4) is 0 Å². The van der Waals surface area contributed by atoms with Gasteiger partial charge in [0, 0.05) is 11.7 Å². The van der Waals surface area contributed by atoms with E-state index in [1.165, 1.54) is 30.4 Å². The Morgan fingerprint density at radius 2 is 1.58 bits per heavy atom. The third-order valence-electron chi connectivity index (χ3n) is 4.79. The minimum Gasteiger partial charge on any atom is -0.358 e. The van der Waals surface area contributed by atoms with Crippen molar-refractivity contribution in [1.29, 1.82) is 0 Å². The molecule has 1 saturated carbocycles. The molecule has 1 aliphatic carbocycles. The van der Waals surface area contributed by atoms with Crippen LogP contribution in [-0.2, 0) is 0 Å². The second kappa shape index (κ2) is 8.62. The third kappa shape index (κ3) is 5.60. The molecule has 0 saturated heterocycles. The largest absolute Gasteiger partial charge is 0.358 e. The van der Waals surface area contributed by atoms with Gasteiger partial charge in [0.05, 0.1) is 0 Å². The van der Waals surface area contributed by atoms with E-state index >= 15 is 0 Å². The van der Waals surface area contributed by atoms with Crippen LogP contribution in [0.5, 0.6) is 0 Å². The van der Waals surface area contributed by atoms with E-state index in [0.29, 0.717) is 22.2 Å². The predicted molar refractivity (Wildman–Crippen MR) is 110 cm³/mol. The summed E-state index contributed by atoms with van der Waals surface area (Å²) in [5.74, 6) is 1.36. The Kier molecular flexibility index (Phi) is 6.80. The summed E-state index contributed by atoms with van der Waals surface area (Å²) in [5.41, 5.74) is 9.31. The van der Waals surface area contributed by atoms with E-state index < -0.39 is 0 Å². The average molecular weight is 365 g/mol. The van der Waals surface area contributed by atoms with E-state index in [1.807, 2.05) is 0 Å². The van der Waals surface area contributed by atoms with Gasteiger partial charge >= 0.3 is 0 Å². The lowest BCUT2D eigenvalue weighted by atomic mass is 9.78. The van der Waals surface area contributed by atoms with Crippen molar-refractivity contribution in [2.75, 3.05) is 5.32 Å². The third-order valence-corrected chi connectivity index (χ3v) is 5.22. The summed E-state index contributed by atoms with van der Waals surface area (Å²) in [7, 11) is 0. The van der Waals surface area contributed by atoms with Crippen LogP contribution < -0.4 is 21.5 Å². The first-order chi connectivity index (χ1) is 11.3. The predicted octanol–water partition coefficient (Wildman–Crippen LogP) is 3.79. The summed E-state index contributed by atoms with van der Waals surface area (Å²) in [4.78, 5) is 0. The quantitative estimate of drug-likeness (QED) is 0.473. The molecule has 1 fully saturated rings. The van der Waals surface area contributed by atoms with Crippen LogP contribution in [-0.4, -0.2) is 16.3 Å². The lowest BCUT2D eigenvalue weighted by Gasteiger charge is -2.35. The highest BCUT2D eigenvalue weighted by Gasteiger charge is 2.27. The van der Waals surface area contributed by atoms with Crippen molar-refractivity contribution in [3.05, 3.63) is 29.3 Å². The molecule has 0 aliphatic heterocycles. The minimum absolute atomic E-state index is 0.427. The first-order valence-electron chi connectivity index (χ1n) is 8.57. The molecular weight excluding hydrogens is 336 g/mol. The number of aryl methyl sites for hydroxylation is 2. The molecule has 4 N–H and O–H groups in total. The molecule has 1 aromatic carbocycles. The van der Waals surface area contributed by atoms with Gasteiger partial charge in [0.1, 0.15) is 0 Å². The van der Waals surface area contributed by atoms with Gasteiger partial charge in [-0.05, 0) is 79.8 Å². The van der Waals surface area contributed by atoms with Gasteiger partial charge in [-0.3, -0.25) is 10.9 Å². The van der Waals surface area contributed by atoms with Crippen molar-refractivity contribution in [2.45, 2.75) is 53.0 Å². The molecule has 132 valence electrons. The van der Waals surface area contributed by atoms with E-state index in [1.54, 1.807) is 0 Å². The van der Waals surface area contributed by atoms with Crippen molar-refractivity contribution < 1.29 is 0 Å². The summed E-state index contributed by atoms with van der Waals surface area (Å²) in [5, 5.41) is 7.66. The first-order valence-corrected chi connectivity index (χ1v) is 9.38. The fourth-order valence-electron chi connectivity index (χ4n) is 3.31. The topological polar surface area (TPSA) is 48.1 Å². The zero-order valence-corrected chi connectivity index (χ0v) is 16.5. The van der Waals surface area contributed by atoms with Crippen molar-refractivity contribution in [3.63, 3.8) is 0 Å². The van der Waals surface area contributed by atoms with Crippen LogP contribution in [0.2, 0.25) is 0 Å². The molecule has 4 nitrogen and oxygen atoms in total. The molecule has 6 heteroatoms. The lowest BCUT2D eigenvalue weighted by molar-refractivity contribution is 0.224. The van der Waals surface area contributed by atoms with Gasteiger partial charge in [0.2, 0.25) is 0 Å². The van der Waals surface area contributed by atoms with Crippen LogP contribution in [0.25, 0.3) is 0 Å². The lowest BCUT2D eigenvalue weighted by Crippen LogP contribution is -2.53. The summed E-state index contributed by atoms with van der Waals surface area (Å²) in [6.45, 7) is 8.75. The van der Waals surface area contributed by atoms with E-state index in [-0.39, 0.29) is 0 Å². The fraction of sp³-hybridized carbons (Fsp3) is 0.556. The Balaban J connectivity index is 1.77. The van der Waals surface area contributed by atoms with Crippen LogP contribution in [0.4, 0.5) is 5.69 Å². The molecule has 0 spiro atoms. The number of anilines is 1. The Morgan fingerprint density at radius 3 is 2.25 bits per heavy atom. The van der Waals surface area contributed by atoms with E-state index in [9.17, 15) is 0 Å². The van der Waals surface area contributed by atoms with Crippen molar-refractivity contribution in [2.24, 2.45) is 11.8 Å². The number of benzene rings is 1. The van der Waals surface area contributed by atoms with Gasteiger partial charge < -0.3 is 10.6 Å². The summed E-state index contributed by atoms with van der Waals surface area (Å²) in [6, 6.07) is 6.67. The van der Waals surface area contributed by atoms with Crippen LogP contribution >= 0.6 is 24.4 Å². The fourth-order valence-corrected chi connectivity index (χ4v) is 3.68. The second-order valence-electron chi connectivity index (χ2n) is 6.93. The standard InChI is InChI=1S/C18H28N4S2/c1-11-8-12(2)10-15(9-11)19-17(23)21-22-18(24)20-16-7-5-6-13(3)14(16)4/h8-10,13-14,16H,5-7H2,1-4H3,(H2,19,21,23)(H2,20,22,24)/t13-,14+,16+/m1/s1. The summed E-state index contributed by atoms with van der Waals surface area (Å²) in [6.07, 6.45) is 3.73. The van der Waals surface area contributed by atoms with Gasteiger partial charge in [-0.1, -0.05) is 32.8 Å². The van der Waals surface area contributed by atoms with Crippen LogP contribution in [0.1, 0.15) is 44.2 Å². The highest BCUT2D eigenvalue weighted by molar-refractivity contribution is 7.80. The molecular formula is C18H28N4S2. The Bertz CT molecular complexity index is 582. The highest BCUT2D eigenvalue weighted by atomic mass is 32.1. The molecule has 1 aliphatic rings. The SMILES string of the molecule is Cc1cc(C)cc(NC(=S)NNC(=S)N[C@H]2CCC[C@@H](C)[C@@H]2C)c1. The van der Waals surface area contributed by atoms with E-state index in [0.717, 1.165) is 11.6 Å². The Morgan fingerprint density at radius 1 is 0.958 bits per heavy atom. The number of nitrogens with one attached hydrogen (secondary N) is 4. The Labute approximate surface area is 156 Å². The number of thiocarbonyl (C=S) groups is 2. The molecule has 3 atom stereocenters. The van der Waals surface area contributed by atoms with Gasteiger partial charge in [-0.15, -0.1) is 0 Å². The Hall–Kier alpha value is -1.40. The van der Waals surface area contributed by atoms with Crippen molar-refractivity contribution in [3.8, 4) is 0 Å². The second-order valence-corrected chi connectivity index (χ2v) is 7.74. The zero-order chi connectivity index (χ0) is 17.7. The maximum absolute atomic E-state index is 5.38. The molecule has 0 bridgehead atoms. The number of rotatable bonds is 2. The maximum Gasteiger partial charge on any atom is 0.189 e. The molecule has 0 heterocycles. The maximum atomic E-state index is 5.38. The summed E-state index contributed by atoms with van der Waals surface area (Å²) >= 11 is 10.7. The van der Waals surface area contributed by atoms with E-state index in [4.69, 9.17) is 24.4 Å². The molecule has 0 amide bonds.